The lowest BCUT2D eigenvalue weighted by molar-refractivity contribution is 0.0911. The van der Waals surface area contributed by atoms with Gasteiger partial charge in [-0.15, -0.1) is 0 Å². The van der Waals surface area contributed by atoms with E-state index < -0.39 is 5.54 Å². The van der Waals surface area contributed by atoms with Crippen molar-refractivity contribution in [1.29, 1.82) is 0 Å². The maximum Gasteiger partial charge on any atom is 0.252 e. The molecule has 0 aliphatic rings. The lowest BCUT2D eigenvalue weighted by atomic mass is 9.93. The molecule has 1 N–H and O–H groups in total. The van der Waals surface area contributed by atoms with E-state index in [0.717, 1.165) is 5.69 Å². The monoisotopic (exact) mass is 300 g/mol. The highest BCUT2D eigenvalue weighted by atomic mass is 19.1. The van der Waals surface area contributed by atoms with Crippen LogP contribution in [0.4, 0.5) is 10.1 Å². The molecule has 0 unspecified atom stereocenters. The van der Waals surface area contributed by atoms with Crippen LogP contribution in [0.25, 0.3) is 0 Å². The number of amides is 1. The quantitative estimate of drug-likeness (QED) is 0.936. The van der Waals surface area contributed by atoms with Crippen molar-refractivity contribution in [3.8, 4) is 0 Å². The number of nitrogens with zero attached hydrogens (tertiary/aromatic N) is 1. The van der Waals surface area contributed by atoms with E-state index >= 15 is 0 Å². The first-order valence-electron chi connectivity index (χ1n) is 7.16. The van der Waals surface area contributed by atoms with Gasteiger partial charge in [0, 0.05) is 30.9 Å². The molecule has 0 fully saturated rings. The van der Waals surface area contributed by atoms with Gasteiger partial charge >= 0.3 is 0 Å². The molecule has 1 amide bonds. The maximum absolute atomic E-state index is 14.0. The number of hydrogen-bond acceptors (Lipinski definition) is 2. The number of hydrogen-bond donors (Lipinski definition) is 1. The second kappa shape index (κ2) is 6.18. The number of anilines is 1. The smallest absolute Gasteiger partial charge is 0.252 e. The Hall–Kier alpha value is -2.36. The van der Waals surface area contributed by atoms with Crippen molar-refractivity contribution in [2.75, 3.05) is 19.0 Å². The molecular weight excluding hydrogens is 279 g/mol. The van der Waals surface area contributed by atoms with E-state index in [1.165, 1.54) is 6.07 Å². The Kier molecular flexibility index (Phi) is 4.50. The largest absolute Gasteiger partial charge is 0.378 e. The minimum absolute atomic E-state index is 0.225. The van der Waals surface area contributed by atoms with Gasteiger partial charge in [-0.2, -0.15) is 0 Å². The summed E-state index contributed by atoms with van der Waals surface area (Å²) in [4.78, 5) is 14.4. The molecule has 0 aliphatic heterocycles. The molecule has 2 aromatic carbocycles. The molecule has 4 heteroatoms. The van der Waals surface area contributed by atoms with Crippen LogP contribution >= 0.6 is 0 Å². The van der Waals surface area contributed by atoms with Gasteiger partial charge in [-0.3, -0.25) is 4.79 Å². The first-order chi connectivity index (χ1) is 10.3. The molecule has 0 heterocycles. The van der Waals surface area contributed by atoms with E-state index in [9.17, 15) is 9.18 Å². The summed E-state index contributed by atoms with van der Waals surface area (Å²) in [6.45, 7) is 3.58. The van der Waals surface area contributed by atoms with E-state index in [1.54, 1.807) is 38.1 Å². The van der Waals surface area contributed by atoms with Crippen LogP contribution in [-0.4, -0.2) is 20.0 Å². The van der Waals surface area contributed by atoms with Crippen molar-refractivity contribution in [1.82, 2.24) is 5.32 Å². The lowest BCUT2D eigenvalue weighted by Crippen LogP contribution is -2.41. The van der Waals surface area contributed by atoms with Gasteiger partial charge in [0.2, 0.25) is 0 Å². The molecule has 2 aromatic rings. The van der Waals surface area contributed by atoms with E-state index in [1.807, 2.05) is 37.2 Å². The minimum Gasteiger partial charge on any atom is -0.378 e. The van der Waals surface area contributed by atoms with Crippen LogP contribution in [0.15, 0.2) is 48.5 Å². The maximum atomic E-state index is 14.0. The second-order valence-corrected chi connectivity index (χ2v) is 6.00. The highest BCUT2D eigenvalue weighted by molar-refractivity contribution is 5.95. The summed E-state index contributed by atoms with van der Waals surface area (Å²) in [6, 6.07) is 13.8. The molecule has 0 saturated heterocycles. The summed E-state index contributed by atoms with van der Waals surface area (Å²) in [5.41, 5.74) is 1.16. The zero-order valence-electron chi connectivity index (χ0n) is 13.4. The van der Waals surface area contributed by atoms with Gasteiger partial charge in [0.25, 0.3) is 5.91 Å². The van der Waals surface area contributed by atoms with Crippen molar-refractivity contribution in [2.45, 2.75) is 19.4 Å². The third-order valence-electron chi connectivity index (χ3n) is 3.60. The third-order valence-corrected chi connectivity index (χ3v) is 3.60. The Bertz CT molecular complexity index is 680. The number of rotatable bonds is 4. The zero-order valence-corrected chi connectivity index (χ0v) is 13.4. The fraction of sp³-hybridized carbons (Fsp3) is 0.278. The Morgan fingerprint density at radius 3 is 2.41 bits per heavy atom. The van der Waals surface area contributed by atoms with Crippen LogP contribution in [0.2, 0.25) is 0 Å². The third kappa shape index (κ3) is 3.45. The van der Waals surface area contributed by atoms with Gasteiger partial charge in [0.1, 0.15) is 5.82 Å². The summed E-state index contributed by atoms with van der Waals surface area (Å²) < 4.78 is 14.0. The van der Waals surface area contributed by atoms with E-state index in [0.29, 0.717) is 11.1 Å². The van der Waals surface area contributed by atoms with Gasteiger partial charge in [-0.05, 0) is 38.1 Å². The van der Waals surface area contributed by atoms with Crippen LogP contribution in [0.3, 0.4) is 0 Å². The number of benzene rings is 2. The predicted molar refractivity (Wildman–Crippen MR) is 87.7 cm³/mol. The van der Waals surface area contributed by atoms with Crippen molar-refractivity contribution in [3.05, 3.63) is 65.5 Å². The van der Waals surface area contributed by atoms with E-state index in [-0.39, 0.29) is 11.7 Å². The Morgan fingerprint density at radius 2 is 1.77 bits per heavy atom. The number of carbonyl (C=O) groups excluding carboxylic acids is 1. The summed E-state index contributed by atoms with van der Waals surface area (Å²) in [7, 11) is 3.83. The van der Waals surface area contributed by atoms with Crippen molar-refractivity contribution in [2.24, 2.45) is 0 Å². The lowest BCUT2D eigenvalue weighted by Gasteiger charge is -2.27. The van der Waals surface area contributed by atoms with Gasteiger partial charge in [0.05, 0.1) is 5.54 Å². The average Bonchev–Trinajstić information content (AvgIpc) is 2.47. The molecule has 116 valence electrons. The normalized spacial score (nSPS) is 11.1. The molecule has 3 nitrogen and oxygen atoms in total. The zero-order chi connectivity index (χ0) is 16.3. The number of nitrogens with one attached hydrogen (secondary N) is 1. The summed E-state index contributed by atoms with van der Waals surface area (Å²) >= 11 is 0. The summed E-state index contributed by atoms with van der Waals surface area (Å²) in [5, 5.41) is 2.90. The van der Waals surface area contributed by atoms with Gasteiger partial charge in [-0.25, -0.2) is 4.39 Å². The summed E-state index contributed by atoms with van der Waals surface area (Å²) in [6.07, 6.45) is 0. The standard InChI is InChI=1S/C18H21FN2O/c1-18(2,15-10-5-6-11-16(15)19)20-17(22)13-8-7-9-14(12-13)21(3)4/h5-12H,1-4H3,(H,20,22). The van der Waals surface area contributed by atoms with Crippen molar-refractivity contribution in [3.63, 3.8) is 0 Å². The fourth-order valence-electron chi connectivity index (χ4n) is 2.32. The molecule has 0 aromatic heterocycles. The van der Waals surface area contributed by atoms with Crippen molar-refractivity contribution < 1.29 is 9.18 Å². The van der Waals surface area contributed by atoms with Crippen LogP contribution in [-0.2, 0) is 5.54 Å². The SMILES string of the molecule is CN(C)c1cccc(C(=O)NC(C)(C)c2ccccc2F)c1. The van der Waals surface area contributed by atoms with Crippen LogP contribution in [0.1, 0.15) is 29.8 Å². The highest BCUT2D eigenvalue weighted by Gasteiger charge is 2.26. The second-order valence-electron chi connectivity index (χ2n) is 6.00. The first-order valence-corrected chi connectivity index (χ1v) is 7.16. The van der Waals surface area contributed by atoms with Crippen LogP contribution < -0.4 is 10.2 Å². The van der Waals surface area contributed by atoms with E-state index in [2.05, 4.69) is 5.32 Å². The fourth-order valence-corrected chi connectivity index (χ4v) is 2.32. The molecule has 0 atom stereocenters. The Labute approximate surface area is 130 Å². The topological polar surface area (TPSA) is 32.3 Å². The van der Waals surface area contributed by atoms with E-state index in [4.69, 9.17) is 0 Å². The van der Waals surface area contributed by atoms with Crippen LogP contribution in [0.5, 0.6) is 0 Å². The minimum atomic E-state index is -0.795. The highest BCUT2D eigenvalue weighted by Crippen LogP contribution is 2.23. The first kappa shape index (κ1) is 16.0. The Balaban J connectivity index is 2.24. The Morgan fingerprint density at radius 1 is 1.09 bits per heavy atom. The number of carbonyl (C=O) groups is 1. The molecule has 0 spiro atoms. The molecule has 2 rings (SSSR count). The molecule has 0 bridgehead atoms. The summed E-state index contributed by atoms with van der Waals surface area (Å²) in [5.74, 6) is -0.549. The molecule has 0 radical (unpaired) electrons. The molecule has 0 aliphatic carbocycles. The number of halogens is 1. The average molecular weight is 300 g/mol. The predicted octanol–water partition coefficient (Wildman–Crippen LogP) is 3.56. The van der Waals surface area contributed by atoms with Gasteiger partial charge < -0.3 is 10.2 Å². The molecule has 0 saturated carbocycles. The van der Waals surface area contributed by atoms with Gasteiger partial charge in [-0.1, -0.05) is 24.3 Å². The van der Waals surface area contributed by atoms with Crippen LogP contribution in [0, 0.1) is 5.82 Å². The van der Waals surface area contributed by atoms with Crippen molar-refractivity contribution >= 4 is 11.6 Å². The molecular formula is C18H21FN2O. The van der Waals surface area contributed by atoms with Gasteiger partial charge in [0.15, 0.2) is 0 Å². The molecule has 22 heavy (non-hydrogen) atoms.